The van der Waals surface area contributed by atoms with E-state index in [0.29, 0.717) is 0 Å². The minimum atomic E-state index is -0.0185. The van der Waals surface area contributed by atoms with E-state index in [-0.39, 0.29) is 11.8 Å². The molecule has 1 fully saturated rings. The molecule has 30 heavy (non-hydrogen) atoms. The number of fused-ring (bicyclic) bond motifs is 3. The average Bonchev–Trinajstić information content (AvgIpc) is 3.31. The van der Waals surface area contributed by atoms with Gasteiger partial charge in [0.2, 0.25) is 5.91 Å². The van der Waals surface area contributed by atoms with Crippen molar-refractivity contribution in [1.29, 1.82) is 0 Å². The first kappa shape index (κ1) is 19.0. The Morgan fingerprint density at radius 3 is 2.83 bits per heavy atom. The van der Waals surface area contributed by atoms with Gasteiger partial charge in [-0.1, -0.05) is 53.8 Å². The van der Waals surface area contributed by atoms with E-state index in [9.17, 15) is 4.79 Å². The van der Waals surface area contributed by atoms with Gasteiger partial charge in [-0.2, -0.15) is 5.10 Å². The van der Waals surface area contributed by atoms with Crippen molar-refractivity contribution in [1.82, 2.24) is 19.7 Å². The standard InChI is InChI=1S/C23H23N5OS/c1-27-13-7-10-17(15-27)22(29)26-24-14-19-21(16-8-3-2-4-9-16)25-23-28(19)18-11-5-6-12-20(18)30-23/h2-6,8-9,11-12,14,17H,7,10,13,15H2,1H3,(H,26,29). The third-order valence-corrected chi connectivity index (χ3v) is 6.62. The zero-order chi connectivity index (χ0) is 20.5. The summed E-state index contributed by atoms with van der Waals surface area (Å²) in [5.74, 6) is -0.0306. The number of thiazole rings is 1. The van der Waals surface area contributed by atoms with Gasteiger partial charge >= 0.3 is 0 Å². The minimum absolute atomic E-state index is 0.0121. The summed E-state index contributed by atoms with van der Waals surface area (Å²) < 4.78 is 3.29. The number of rotatable bonds is 4. The van der Waals surface area contributed by atoms with Crippen LogP contribution in [-0.2, 0) is 4.79 Å². The maximum Gasteiger partial charge on any atom is 0.244 e. The minimum Gasteiger partial charge on any atom is -0.306 e. The van der Waals surface area contributed by atoms with Gasteiger partial charge in [0.15, 0.2) is 4.96 Å². The summed E-state index contributed by atoms with van der Waals surface area (Å²) in [6.07, 6.45) is 3.68. The predicted molar refractivity (Wildman–Crippen MR) is 122 cm³/mol. The SMILES string of the molecule is CN1CCCC(C(=O)NN=Cc2c(-c3ccccc3)nc3sc4ccccc4n23)C1. The highest BCUT2D eigenvalue weighted by molar-refractivity contribution is 7.23. The number of nitrogens with zero attached hydrogens (tertiary/aromatic N) is 4. The summed E-state index contributed by atoms with van der Waals surface area (Å²) >= 11 is 1.65. The Morgan fingerprint density at radius 1 is 1.20 bits per heavy atom. The smallest absolute Gasteiger partial charge is 0.244 e. The van der Waals surface area contributed by atoms with Gasteiger partial charge in [0, 0.05) is 12.1 Å². The zero-order valence-corrected chi connectivity index (χ0v) is 17.6. The summed E-state index contributed by atoms with van der Waals surface area (Å²) in [7, 11) is 2.06. The Bertz CT molecular complexity index is 1230. The van der Waals surface area contributed by atoms with E-state index in [0.717, 1.165) is 53.4 Å². The highest BCUT2D eigenvalue weighted by Crippen LogP contribution is 2.32. The summed E-state index contributed by atoms with van der Waals surface area (Å²) in [6.45, 7) is 1.83. The second-order valence-corrected chi connectivity index (χ2v) is 8.74. The van der Waals surface area contributed by atoms with Crippen molar-refractivity contribution < 1.29 is 4.79 Å². The fraction of sp³-hybridized carbons (Fsp3) is 0.261. The molecule has 0 radical (unpaired) electrons. The Balaban J connectivity index is 1.51. The lowest BCUT2D eigenvalue weighted by Crippen LogP contribution is -2.40. The molecule has 1 aliphatic heterocycles. The number of carbonyl (C=O) groups excluding carboxylic acids is 1. The molecule has 0 saturated carbocycles. The first-order valence-corrected chi connectivity index (χ1v) is 11.0. The van der Waals surface area contributed by atoms with Crippen molar-refractivity contribution >= 4 is 38.6 Å². The zero-order valence-electron chi connectivity index (χ0n) is 16.8. The van der Waals surface area contributed by atoms with E-state index in [4.69, 9.17) is 4.98 Å². The van der Waals surface area contributed by atoms with Crippen molar-refractivity contribution in [2.45, 2.75) is 12.8 Å². The number of piperidine rings is 1. The number of para-hydroxylation sites is 1. The number of nitrogens with one attached hydrogen (secondary N) is 1. The number of hydrogen-bond donors (Lipinski definition) is 1. The highest BCUT2D eigenvalue weighted by Gasteiger charge is 2.23. The number of hydrazone groups is 1. The summed E-state index contributed by atoms with van der Waals surface area (Å²) in [4.78, 5) is 20.6. The second-order valence-electron chi connectivity index (χ2n) is 7.74. The number of amides is 1. The number of aromatic nitrogens is 2. The Morgan fingerprint density at radius 2 is 2.00 bits per heavy atom. The van der Waals surface area contributed by atoms with Crippen LogP contribution in [0.1, 0.15) is 18.5 Å². The molecule has 1 N–H and O–H groups in total. The van der Waals surface area contributed by atoms with Crippen molar-refractivity contribution in [3.05, 3.63) is 60.3 Å². The van der Waals surface area contributed by atoms with E-state index in [1.54, 1.807) is 17.6 Å². The highest BCUT2D eigenvalue weighted by atomic mass is 32.1. The van der Waals surface area contributed by atoms with Gasteiger partial charge in [-0.25, -0.2) is 10.4 Å². The maximum absolute atomic E-state index is 12.6. The molecule has 152 valence electrons. The van der Waals surface area contributed by atoms with Gasteiger partial charge in [-0.15, -0.1) is 0 Å². The Kier molecular flexibility index (Phi) is 5.06. The van der Waals surface area contributed by atoms with Crippen LogP contribution in [0.2, 0.25) is 0 Å². The van der Waals surface area contributed by atoms with E-state index < -0.39 is 0 Å². The summed E-state index contributed by atoms with van der Waals surface area (Å²) in [6, 6.07) is 18.3. The summed E-state index contributed by atoms with van der Waals surface area (Å²) in [5.41, 5.74) is 6.61. The molecule has 2 aromatic heterocycles. The Labute approximate surface area is 178 Å². The van der Waals surface area contributed by atoms with Crippen LogP contribution in [0, 0.1) is 5.92 Å². The van der Waals surface area contributed by atoms with Crippen molar-refractivity contribution in [2.75, 3.05) is 20.1 Å². The van der Waals surface area contributed by atoms with Gasteiger partial charge in [0.25, 0.3) is 0 Å². The molecule has 7 heteroatoms. The number of imidazole rings is 1. The van der Waals surface area contributed by atoms with Crippen LogP contribution in [0.3, 0.4) is 0 Å². The number of carbonyl (C=O) groups is 1. The topological polar surface area (TPSA) is 62.0 Å². The van der Waals surface area contributed by atoms with E-state index in [1.165, 1.54) is 4.70 Å². The molecule has 4 aromatic rings. The molecule has 2 aromatic carbocycles. The van der Waals surface area contributed by atoms with Crippen LogP contribution >= 0.6 is 11.3 Å². The third kappa shape index (κ3) is 3.51. The molecule has 5 rings (SSSR count). The van der Waals surface area contributed by atoms with E-state index >= 15 is 0 Å². The average molecular weight is 418 g/mol. The second kappa shape index (κ2) is 8.01. The fourth-order valence-electron chi connectivity index (χ4n) is 4.10. The maximum atomic E-state index is 12.6. The first-order valence-electron chi connectivity index (χ1n) is 10.2. The molecule has 6 nitrogen and oxygen atoms in total. The van der Waals surface area contributed by atoms with Gasteiger partial charge in [0.05, 0.1) is 33.7 Å². The molecule has 1 saturated heterocycles. The van der Waals surface area contributed by atoms with Gasteiger partial charge < -0.3 is 4.90 Å². The molecule has 1 amide bonds. The van der Waals surface area contributed by atoms with Crippen molar-refractivity contribution in [3.63, 3.8) is 0 Å². The van der Waals surface area contributed by atoms with Crippen LogP contribution in [0.25, 0.3) is 26.4 Å². The van der Waals surface area contributed by atoms with Crippen LogP contribution in [0.15, 0.2) is 59.7 Å². The van der Waals surface area contributed by atoms with Crippen LogP contribution < -0.4 is 5.43 Å². The summed E-state index contributed by atoms with van der Waals surface area (Å²) in [5, 5.41) is 4.34. The molecule has 3 heterocycles. The molecule has 1 aliphatic rings. The van der Waals surface area contributed by atoms with E-state index in [2.05, 4.69) is 39.0 Å². The molecule has 1 unspecified atom stereocenters. The quantitative estimate of drug-likeness (QED) is 0.403. The molecule has 0 aliphatic carbocycles. The lowest BCUT2D eigenvalue weighted by molar-refractivity contribution is -0.126. The van der Waals surface area contributed by atoms with Crippen LogP contribution in [0.5, 0.6) is 0 Å². The van der Waals surface area contributed by atoms with Gasteiger partial charge in [-0.3, -0.25) is 9.20 Å². The Hall–Kier alpha value is -3.03. The number of likely N-dealkylation sites (tertiary alicyclic amines) is 1. The number of benzene rings is 2. The molecule has 0 spiro atoms. The molecule has 0 bridgehead atoms. The predicted octanol–water partition coefficient (Wildman–Crippen LogP) is 4.01. The third-order valence-electron chi connectivity index (χ3n) is 5.59. The van der Waals surface area contributed by atoms with Crippen molar-refractivity contribution in [3.8, 4) is 11.3 Å². The van der Waals surface area contributed by atoms with Crippen molar-refractivity contribution in [2.24, 2.45) is 11.0 Å². The largest absolute Gasteiger partial charge is 0.306 e. The number of hydrogen-bond acceptors (Lipinski definition) is 5. The van der Waals surface area contributed by atoms with Crippen LogP contribution in [0.4, 0.5) is 0 Å². The molecular weight excluding hydrogens is 394 g/mol. The van der Waals surface area contributed by atoms with Gasteiger partial charge in [0.1, 0.15) is 0 Å². The monoisotopic (exact) mass is 417 g/mol. The lowest BCUT2D eigenvalue weighted by atomic mass is 9.98. The molecular formula is C23H23N5OS. The fourth-order valence-corrected chi connectivity index (χ4v) is 5.13. The first-order chi connectivity index (χ1) is 14.7. The van der Waals surface area contributed by atoms with Gasteiger partial charge in [-0.05, 0) is 38.6 Å². The molecule has 1 atom stereocenters. The lowest BCUT2D eigenvalue weighted by Gasteiger charge is -2.28. The normalized spacial score (nSPS) is 17.8. The van der Waals surface area contributed by atoms with E-state index in [1.807, 2.05) is 42.5 Å². The van der Waals surface area contributed by atoms with Crippen LogP contribution in [-0.4, -0.2) is 46.5 Å².